The van der Waals surface area contributed by atoms with E-state index < -0.39 is 0 Å². The SMILES string of the molecule is Cn1[nH]cc(C(=O)c2ccccc2Cl)c1=O. The molecule has 1 heterocycles. The average Bonchev–Trinajstić information content (AvgIpc) is 2.60. The Morgan fingerprint density at radius 1 is 1.31 bits per heavy atom. The van der Waals surface area contributed by atoms with E-state index >= 15 is 0 Å². The number of aryl methyl sites for hydroxylation is 1. The molecule has 0 radical (unpaired) electrons. The standard InChI is InChI=1S/C11H9ClN2O2/c1-14-11(16)8(6-13-14)10(15)7-4-2-3-5-9(7)12/h2-6,13H,1H3. The highest BCUT2D eigenvalue weighted by Crippen LogP contribution is 2.17. The molecule has 5 heteroatoms. The van der Waals surface area contributed by atoms with Gasteiger partial charge in [0.1, 0.15) is 5.56 Å². The van der Waals surface area contributed by atoms with E-state index in [2.05, 4.69) is 5.10 Å². The highest BCUT2D eigenvalue weighted by Gasteiger charge is 2.17. The minimum atomic E-state index is -0.368. The number of carbonyl (C=O) groups is 1. The van der Waals surface area contributed by atoms with E-state index in [1.54, 1.807) is 31.3 Å². The summed E-state index contributed by atoms with van der Waals surface area (Å²) in [6, 6.07) is 6.65. The molecule has 0 aliphatic heterocycles. The number of halogens is 1. The van der Waals surface area contributed by atoms with E-state index in [0.29, 0.717) is 10.6 Å². The maximum Gasteiger partial charge on any atom is 0.277 e. The first-order chi connectivity index (χ1) is 7.61. The van der Waals surface area contributed by atoms with Crippen LogP contribution >= 0.6 is 11.6 Å². The normalized spacial score (nSPS) is 10.4. The number of hydrogen-bond acceptors (Lipinski definition) is 2. The zero-order valence-corrected chi connectivity index (χ0v) is 9.28. The molecule has 0 unspecified atom stereocenters. The number of aromatic nitrogens is 2. The van der Waals surface area contributed by atoms with Gasteiger partial charge in [-0.25, -0.2) is 0 Å². The van der Waals surface area contributed by atoms with Crippen molar-refractivity contribution in [3.63, 3.8) is 0 Å². The second-order valence-corrected chi connectivity index (χ2v) is 3.77. The van der Waals surface area contributed by atoms with Gasteiger partial charge < -0.3 is 5.10 Å². The Morgan fingerprint density at radius 2 is 2.00 bits per heavy atom. The number of benzene rings is 1. The van der Waals surface area contributed by atoms with Gasteiger partial charge in [0.25, 0.3) is 5.56 Å². The maximum absolute atomic E-state index is 12.0. The summed E-state index contributed by atoms with van der Waals surface area (Å²) in [5.74, 6) is -0.368. The van der Waals surface area contributed by atoms with Gasteiger partial charge in [0.05, 0.1) is 5.02 Å². The third-order valence-electron chi connectivity index (χ3n) is 2.30. The Hall–Kier alpha value is -1.81. The van der Waals surface area contributed by atoms with Crippen molar-refractivity contribution in [2.75, 3.05) is 0 Å². The lowest BCUT2D eigenvalue weighted by Crippen LogP contribution is -2.19. The number of ketones is 1. The third-order valence-corrected chi connectivity index (χ3v) is 2.63. The molecular weight excluding hydrogens is 228 g/mol. The van der Waals surface area contributed by atoms with Crippen molar-refractivity contribution in [2.24, 2.45) is 7.05 Å². The third kappa shape index (κ3) is 1.67. The molecule has 0 bridgehead atoms. The van der Waals surface area contributed by atoms with Gasteiger partial charge in [0, 0.05) is 18.8 Å². The van der Waals surface area contributed by atoms with E-state index in [1.807, 2.05) is 0 Å². The predicted molar refractivity (Wildman–Crippen MR) is 60.9 cm³/mol. The first kappa shape index (κ1) is 10.7. The summed E-state index contributed by atoms with van der Waals surface area (Å²) in [7, 11) is 1.55. The molecule has 0 spiro atoms. The largest absolute Gasteiger partial charge is 0.302 e. The lowest BCUT2D eigenvalue weighted by molar-refractivity contribution is 0.103. The molecule has 4 nitrogen and oxygen atoms in total. The molecule has 0 aliphatic rings. The minimum Gasteiger partial charge on any atom is -0.302 e. The monoisotopic (exact) mass is 236 g/mol. The number of nitrogens with zero attached hydrogens (tertiary/aromatic N) is 1. The van der Waals surface area contributed by atoms with Gasteiger partial charge in [0.15, 0.2) is 0 Å². The fraction of sp³-hybridized carbons (Fsp3) is 0.0909. The highest BCUT2D eigenvalue weighted by molar-refractivity contribution is 6.34. The quantitative estimate of drug-likeness (QED) is 0.806. The van der Waals surface area contributed by atoms with Crippen molar-refractivity contribution in [3.05, 3.63) is 57.0 Å². The molecule has 1 N–H and O–H groups in total. The number of rotatable bonds is 2. The Kier molecular flexibility index (Phi) is 2.66. The topological polar surface area (TPSA) is 54.9 Å². The highest BCUT2D eigenvalue weighted by atomic mass is 35.5. The fourth-order valence-corrected chi connectivity index (χ4v) is 1.64. The molecule has 1 aromatic carbocycles. The van der Waals surface area contributed by atoms with E-state index in [-0.39, 0.29) is 16.9 Å². The van der Waals surface area contributed by atoms with Crippen LogP contribution in [0.4, 0.5) is 0 Å². The Balaban J connectivity index is 2.52. The second kappa shape index (κ2) is 3.98. The van der Waals surface area contributed by atoms with Crippen molar-refractivity contribution in [3.8, 4) is 0 Å². The lowest BCUT2D eigenvalue weighted by Gasteiger charge is -1.99. The van der Waals surface area contributed by atoms with Gasteiger partial charge in [-0.15, -0.1) is 0 Å². The Morgan fingerprint density at radius 3 is 2.56 bits per heavy atom. The van der Waals surface area contributed by atoms with Crippen LogP contribution in [0, 0.1) is 0 Å². The molecular formula is C11H9ClN2O2. The van der Waals surface area contributed by atoms with Gasteiger partial charge in [-0.05, 0) is 12.1 Å². The van der Waals surface area contributed by atoms with E-state index in [9.17, 15) is 9.59 Å². The molecule has 82 valence electrons. The van der Waals surface area contributed by atoms with E-state index in [4.69, 9.17) is 11.6 Å². The summed E-state index contributed by atoms with van der Waals surface area (Å²) in [6.07, 6.45) is 1.38. The van der Waals surface area contributed by atoms with Crippen molar-refractivity contribution in [1.29, 1.82) is 0 Å². The number of carbonyl (C=O) groups excluding carboxylic acids is 1. The van der Waals surface area contributed by atoms with Crippen LogP contribution in [0.5, 0.6) is 0 Å². The molecule has 1 aromatic heterocycles. The van der Waals surface area contributed by atoms with Crippen LogP contribution in [-0.4, -0.2) is 15.6 Å². The minimum absolute atomic E-state index is 0.0931. The second-order valence-electron chi connectivity index (χ2n) is 3.36. The first-order valence-corrected chi connectivity index (χ1v) is 5.02. The van der Waals surface area contributed by atoms with Gasteiger partial charge >= 0.3 is 0 Å². The molecule has 0 amide bonds. The van der Waals surface area contributed by atoms with Crippen LogP contribution in [0.2, 0.25) is 5.02 Å². The summed E-state index contributed by atoms with van der Waals surface area (Å²) in [6.45, 7) is 0. The van der Waals surface area contributed by atoms with Crippen molar-refractivity contribution in [1.82, 2.24) is 9.78 Å². The Labute approximate surface area is 96.5 Å². The van der Waals surface area contributed by atoms with E-state index in [0.717, 1.165) is 0 Å². The van der Waals surface area contributed by atoms with Gasteiger partial charge in [-0.1, -0.05) is 23.7 Å². The van der Waals surface area contributed by atoms with Crippen molar-refractivity contribution in [2.45, 2.75) is 0 Å². The number of aromatic amines is 1. The maximum atomic E-state index is 12.0. The smallest absolute Gasteiger partial charge is 0.277 e. The summed E-state index contributed by atoms with van der Waals surface area (Å²) >= 11 is 5.89. The van der Waals surface area contributed by atoms with Crippen LogP contribution in [0.15, 0.2) is 35.3 Å². The molecule has 16 heavy (non-hydrogen) atoms. The van der Waals surface area contributed by atoms with E-state index in [1.165, 1.54) is 10.9 Å². The van der Waals surface area contributed by atoms with Crippen LogP contribution in [0.25, 0.3) is 0 Å². The summed E-state index contributed by atoms with van der Waals surface area (Å²) in [4.78, 5) is 23.5. The zero-order chi connectivity index (χ0) is 11.7. The average molecular weight is 237 g/mol. The van der Waals surface area contributed by atoms with Gasteiger partial charge in [0.2, 0.25) is 5.78 Å². The predicted octanol–water partition coefficient (Wildman–Crippen LogP) is 1.60. The van der Waals surface area contributed by atoms with Crippen molar-refractivity contribution >= 4 is 17.4 Å². The molecule has 0 atom stereocenters. The van der Waals surface area contributed by atoms with Gasteiger partial charge in [-0.3, -0.25) is 14.3 Å². The molecule has 0 fully saturated rings. The van der Waals surface area contributed by atoms with Crippen LogP contribution in [-0.2, 0) is 7.05 Å². The fourth-order valence-electron chi connectivity index (χ4n) is 1.42. The zero-order valence-electron chi connectivity index (χ0n) is 8.53. The first-order valence-electron chi connectivity index (χ1n) is 4.65. The van der Waals surface area contributed by atoms with Crippen LogP contribution in [0.1, 0.15) is 15.9 Å². The van der Waals surface area contributed by atoms with Gasteiger partial charge in [-0.2, -0.15) is 0 Å². The lowest BCUT2D eigenvalue weighted by atomic mass is 10.1. The van der Waals surface area contributed by atoms with Crippen molar-refractivity contribution < 1.29 is 4.79 Å². The molecule has 0 saturated heterocycles. The number of nitrogens with one attached hydrogen (secondary N) is 1. The summed E-state index contributed by atoms with van der Waals surface area (Å²) < 4.78 is 1.24. The molecule has 2 rings (SSSR count). The molecule has 0 aliphatic carbocycles. The Bertz CT molecular complexity index is 598. The van der Waals surface area contributed by atoms with Crippen LogP contribution in [0.3, 0.4) is 0 Å². The van der Waals surface area contributed by atoms with Crippen LogP contribution < -0.4 is 5.56 Å². The molecule has 2 aromatic rings. The number of H-pyrrole nitrogens is 1. The summed E-state index contributed by atoms with van der Waals surface area (Å²) in [5.41, 5.74) is 0.0707. The molecule has 0 saturated carbocycles. The summed E-state index contributed by atoms with van der Waals surface area (Å²) in [5, 5.41) is 2.99. The number of hydrogen-bond donors (Lipinski definition) is 1.